The molecule has 1 aromatic rings. The Kier molecular flexibility index (Phi) is 8.89. The predicted octanol–water partition coefficient (Wildman–Crippen LogP) is 1.79. The van der Waals surface area contributed by atoms with E-state index in [-0.39, 0.29) is 12.1 Å². The molecule has 7 heteroatoms. The molecule has 0 aliphatic heterocycles. The minimum absolute atomic E-state index is 0.0752. The normalized spacial score (nSPS) is 11.7. The summed E-state index contributed by atoms with van der Waals surface area (Å²) in [5, 5.41) is 10.8. The number of rotatable bonds is 9. The van der Waals surface area contributed by atoms with Crippen molar-refractivity contribution in [2.45, 2.75) is 60.1 Å². The third kappa shape index (κ3) is 7.99. The maximum Gasteiger partial charge on any atom is 0.307 e. The monoisotopic (exact) mass is 337 g/mol. The summed E-state index contributed by atoms with van der Waals surface area (Å²) in [6, 6.07) is 2.07. The van der Waals surface area contributed by atoms with Gasteiger partial charge in [-0.15, -0.1) is 0 Å². The number of hydrogen-bond acceptors (Lipinski definition) is 4. The summed E-state index contributed by atoms with van der Waals surface area (Å²) in [4.78, 5) is 16.0. The number of aromatic nitrogens is 2. The molecule has 24 heavy (non-hydrogen) atoms. The van der Waals surface area contributed by atoms with E-state index >= 15 is 0 Å². The highest BCUT2D eigenvalue weighted by atomic mass is 16.5. The number of guanidine groups is 1. The van der Waals surface area contributed by atoms with Gasteiger partial charge in [-0.3, -0.25) is 14.5 Å². The Labute approximate surface area is 144 Å². The largest absolute Gasteiger partial charge is 0.463 e. The highest BCUT2D eigenvalue weighted by molar-refractivity contribution is 5.80. The number of carbonyl (C=O) groups is 1. The summed E-state index contributed by atoms with van der Waals surface area (Å²) in [5.41, 5.74) is 2.21. The van der Waals surface area contributed by atoms with Gasteiger partial charge in [0.15, 0.2) is 5.96 Å². The minimum atomic E-state index is -0.196. The quantitative estimate of drug-likeness (QED) is 0.311. The van der Waals surface area contributed by atoms with Gasteiger partial charge in [0, 0.05) is 31.9 Å². The summed E-state index contributed by atoms with van der Waals surface area (Å²) < 4.78 is 7.11. The molecule has 1 aromatic heterocycles. The maximum absolute atomic E-state index is 11.5. The molecule has 0 saturated carbocycles. The Morgan fingerprint density at radius 2 is 2.12 bits per heavy atom. The van der Waals surface area contributed by atoms with Gasteiger partial charge in [0.2, 0.25) is 0 Å². The Morgan fingerprint density at radius 3 is 2.71 bits per heavy atom. The fourth-order valence-electron chi connectivity index (χ4n) is 2.26. The van der Waals surface area contributed by atoms with Gasteiger partial charge in [0.05, 0.1) is 18.2 Å². The van der Waals surface area contributed by atoms with Crippen molar-refractivity contribution in [2.75, 3.05) is 19.6 Å². The molecule has 0 aliphatic carbocycles. The van der Waals surface area contributed by atoms with Crippen LogP contribution in [0.4, 0.5) is 0 Å². The molecule has 136 valence electrons. The van der Waals surface area contributed by atoms with Crippen LogP contribution in [-0.4, -0.2) is 47.4 Å². The van der Waals surface area contributed by atoms with Crippen molar-refractivity contribution in [3.05, 3.63) is 17.5 Å². The molecular formula is C17H31N5O2. The van der Waals surface area contributed by atoms with E-state index in [1.807, 2.05) is 32.4 Å². The first-order valence-electron chi connectivity index (χ1n) is 8.65. The van der Waals surface area contributed by atoms with Gasteiger partial charge in [-0.2, -0.15) is 5.10 Å². The summed E-state index contributed by atoms with van der Waals surface area (Å²) >= 11 is 0. The van der Waals surface area contributed by atoms with Crippen molar-refractivity contribution in [1.82, 2.24) is 20.4 Å². The first kappa shape index (κ1) is 20.0. The lowest BCUT2D eigenvalue weighted by molar-refractivity contribution is -0.147. The van der Waals surface area contributed by atoms with E-state index in [1.54, 1.807) is 0 Å². The molecule has 1 rings (SSSR count). The fraction of sp³-hybridized carbons (Fsp3) is 0.706. The van der Waals surface area contributed by atoms with E-state index in [4.69, 9.17) is 4.74 Å². The first-order valence-corrected chi connectivity index (χ1v) is 8.65. The van der Waals surface area contributed by atoms with E-state index in [1.165, 1.54) is 5.69 Å². The fourth-order valence-corrected chi connectivity index (χ4v) is 2.26. The van der Waals surface area contributed by atoms with Crippen molar-refractivity contribution in [1.29, 1.82) is 0 Å². The zero-order valence-corrected chi connectivity index (χ0v) is 15.6. The number of esters is 1. The summed E-state index contributed by atoms with van der Waals surface area (Å²) in [5.74, 6) is 0.529. The molecule has 0 spiro atoms. The third-order valence-corrected chi connectivity index (χ3v) is 3.23. The first-order chi connectivity index (χ1) is 11.4. The van der Waals surface area contributed by atoms with Crippen molar-refractivity contribution < 1.29 is 9.53 Å². The Hall–Kier alpha value is -2.05. The van der Waals surface area contributed by atoms with Crippen LogP contribution in [0.3, 0.4) is 0 Å². The number of nitrogens with zero attached hydrogens (tertiary/aromatic N) is 3. The van der Waals surface area contributed by atoms with E-state index in [9.17, 15) is 4.79 Å². The van der Waals surface area contributed by atoms with Crippen molar-refractivity contribution in [3.8, 4) is 0 Å². The van der Waals surface area contributed by atoms with Crippen LogP contribution in [0.5, 0.6) is 0 Å². The third-order valence-electron chi connectivity index (χ3n) is 3.23. The second-order valence-corrected chi connectivity index (χ2v) is 5.98. The number of nitrogens with one attached hydrogen (secondary N) is 2. The van der Waals surface area contributed by atoms with E-state index in [2.05, 4.69) is 33.7 Å². The minimum Gasteiger partial charge on any atom is -0.463 e. The van der Waals surface area contributed by atoms with E-state index in [0.29, 0.717) is 19.5 Å². The number of carbonyl (C=O) groups excluding carboxylic acids is 1. The van der Waals surface area contributed by atoms with Gasteiger partial charge in [0.1, 0.15) is 0 Å². The van der Waals surface area contributed by atoms with Gasteiger partial charge in [-0.05, 0) is 47.1 Å². The standard InChI is InChI=1S/C17H31N5O2/c1-6-18-17(20-10-8-16(23)24-13(2)3)19-9-7-11-22-15(5)12-14(4)21-22/h12-13H,6-11H2,1-5H3,(H2,18,19,20). The average Bonchev–Trinajstić information content (AvgIpc) is 2.80. The van der Waals surface area contributed by atoms with Gasteiger partial charge >= 0.3 is 5.97 Å². The SMILES string of the molecule is CCNC(=NCCCn1nc(C)cc1C)NCCC(=O)OC(C)C. The van der Waals surface area contributed by atoms with Crippen LogP contribution in [0.1, 0.15) is 45.0 Å². The molecule has 2 N–H and O–H groups in total. The molecule has 0 radical (unpaired) electrons. The molecular weight excluding hydrogens is 306 g/mol. The van der Waals surface area contributed by atoms with Crippen LogP contribution in [-0.2, 0) is 16.1 Å². The number of aryl methyl sites for hydroxylation is 3. The molecule has 1 heterocycles. The average molecular weight is 337 g/mol. The van der Waals surface area contributed by atoms with Crippen LogP contribution in [0.15, 0.2) is 11.1 Å². The summed E-state index contributed by atoms with van der Waals surface area (Å²) in [6.07, 6.45) is 1.16. The maximum atomic E-state index is 11.5. The lowest BCUT2D eigenvalue weighted by atomic mass is 10.4. The van der Waals surface area contributed by atoms with Crippen molar-refractivity contribution in [3.63, 3.8) is 0 Å². The van der Waals surface area contributed by atoms with Crippen molar-refractivity contribution >= 4 is 11.9 Å². The molecule has 0 unspecified atom stereocenters. The second-order valence-electron chi connectivity index (χ2n) is 5.98. The molecule has 0 atom stereocenters. The lowest BCUT2D eigenvalue weighted by Crippen LogP contribution is -2.38. The van der Waals surface area contributed by atoms with Crippen LogP contribution in [0.2, 0.25) is 0 Å². The van der Waals surface area contributed by atoms with E-state index in [0.717, 1.165) is 31.2 Å². The predicted molar refractivity (Wildman–Crippen MR) is 96.1 cm³/mol. The summed E-state index contributed by atoms with van der Waals surface area (Å²) in [6.45, 7) is 12.6. The van der Waals surface area contributed by atoms with Crippen LogP contribution in [0.25, 0.3) is 0 Å². The van der Waals surface area contributed by atoms with Gasteiger partial charge < -0.3 is 15.4 Å². The number of hydrogen-bond donors (Lipinski definition) is 2. The number of ether oxygens (including phenoxy) is 1. The van der Waals surface area contributed by atoms with Crippen LogP contribution >= 0.6 is 0 Å². The molecule has 0 amide bonds. The van der Waals surface area contributed by atoms with Crippen molar-refractivity contribution in [2.24, 2.45) is 4.99 Å². The molecule has 7 nitrogen and oxygen atoms in total. The highest BCUT2D eigenvalue weighted by Crippen LogP contribution is 2.02. The smallest absolute Gasteiger partial charge is 0.307 e. The molecule has 0 bridgehead atoms. The second kappa shape index (κ2) is 10.7. The van der Waals surface area contributed by atoms with E-state index < -0.39 is 0 Å². The van der Waals surface area contributed by atoms with Crippen LogP contribution in [0, 0.1) is 13.8 Å². The van der Waals surface area contributed by atoms with Crippen LogP contribution < -0.4 is 10.6 Å². The zero-order chi connectivity index (χ0) is 17.9. The Bertz CT molecular complexity index is 537. The topological polar surface area (TPSA) is 80.5 Å². The summed E-state index contributed by atoms with van der Waals surface area (Å²) in [7, 11) is 0. The van der Waals surface area contributed by atoms with Gasteiger partial charge in [-0.1, -0.05) is 0 Å². The lowest BCUT2D eigenvalue weighted by Gasteiger charge is -2.12. The highest BCUT2D eigenvalue weighted by Gasteiger charge is 2.06. The molecule has 0 saturated heterocycles. The number of aliphatic imine (C=N–C) groups is 1. The Balaban J connectivity index is 2.33. The van der Waals surface area contributed by atoms with Gasteiger partial charge in [-0.25, -0.2) is 0 Å². The zero-order valence-electron chi connectivity index (χ0n) is 15.6. The van der Waals surface area contributed by atoms with Gasteiger partial charge in [0.25, 0.3) is 0 Å². The molecule has 0 fully saturated rings. The molecule has 0 aromatic carbocycles. The molecule has 0 aliphatic rings. The Morgan fingerprint density at radius 1 is 1.38 bits per heavy atom.